The third-order valence-electron chi connectivity index (χ3n) is 3.09. The molecule has 0 heterocycles. The first kappa shape index (κ1) is 14.9. The van der Waals surface area contributed by atoms with E-state index in [4.69, 9.17) is 21.4 Å². The standard InChI is InChI=1S/C14H19ClN2O3/c1-2-20-13-11(15)4-3-5-12(13)16-14(19)17(8-9-18)10-6-7-10/h3-5,10,18H,2,6-9H2,1H3,(H,16,19). The first-order valence-corrected chi connectivity index (χ1v) is 7.15. The van der Waals surface area contributed by atoms with Gasteiger partial charge in [-0.3, -0.25) is 0 Å². The maximum absolute atomic E-state index is 12.3. The predicted octanol–water partition coefficient (Wildman–Crippen LogP) is 2.73. The van der Waals surface area contributed by atoms with Crippen molar-refractivity contribution in [1.29, 1.82) is 0 Å². The van der Waals surface area contributed by atoms with Crippen molar-refractivity contribution in [2.24, 2.45) is 0 Å². The molecule has 1 fully saturated rings. The van der Waals surface area contributed by atoms with Crippen LogP contribution in [-0.4, -0.2) is 41.8 Å². The Morgan fingerprint density at radius 1 is 1.55 bits per heavy atom. The summed E-state index contributed by atoms with van der Waals surface area (Å²) in [6, 6.07) is 5.23. The highest BCUT2D eigenvalue weighted by molar-refractivity contribution is 6.32. The minimum absolute atomic E-state index is 0.0439. The molecule has 5 nitrogen and oxygen atoms in total. The van der Waals surface area contributed by atoms with Gasteiger partial charge in [-0.1, -0.05) is 17.7 Å². The van der Waals surface area contributed by atoms with Crippen LogP contribution in [0, 0.1) is 0 Å². The Labute approximate surface area is 123 Å². The SMILES string of the molecule is CCOc1c(Cl)cccc1NC(=O)N(CCO)C1CC1. The van der Waals surface area contributed by atoms with Crippen LogP contribution in [-0.2, 0) is 0 Å². The fraction of sp³-hybridized carbons (Fsp3) is 0.500. The Kier molecular flexibility index (Phi) is 5.09. The highest BCUT2D eigenvalue weighted by Gasteiger charge is 2.32. The monoisotopic (exact) mass is 298 g/mol. The number of urea groups is 1. The zero-order chi connectivity index (χ0) is 14.5. The smallest absolute Gasteiger partial charge is 0.322 e. The molecule has 2 rings (SSSR count). The molecule has 20 heavy (non-hydrogen) atoms. The lowest BCUT2D eigenvalue weighted by molar-refractivity contribution is 0.185. The van der Waals surface area contributed by atoms with Crippen molar-refractivity contribution in [3.05, 3.63) is 23.2 Å². The van der Waals surface area contributed by atoms with Crippen LogP contribution in [0.2, 0.25) is 5.02 Å². The van der Waals surface area contributed by atoms with E-state index < -0.39 is 0 Å². The van der Waals surface area contributed by atoms with Gasteiger partial charge in [0.25, 0.3) is 0 Å². The summed E-state index contributed by atoms with van der Waals surface area (Å²) in [5.74, 6) is 0.477. The summed E-state index contributed by atoms with van der Waals surface area (Å²) >= 11 is 6.08. The van der Waals surface area contributed by atoms with Crippen molar-refractivity contribution < 1.29 is 14.6 Å². The van der Waals surface area contributed by atoms with Crippen LogP contribution in [0.1, 0.15) is 19.8 Å². The van der Waals surface area contributed by atoms with Gasteiger partial charge in [0.1, 0.15) is 0 Å². The van der Waals surface area contributed by atoms with Crippen molar-refractivity contribution in [1.82, 2.24) is 4.90 Å². The number of aliphatic hydroxyl groups is 1. The number of carbonyl (C=O) groups excluding carboxylic acids is 1. The molecule has 6 heteroatoms. The number of nitrogens with one attached hydrogen (secondary N) is 1. The number of hydrogen-bond acceptors (Lipinski definition) is 3. The van der Waals surface area contributed by atoms with Crippen molar-refractivity contribution in [3.63, 3.8) is 0 Å². The van der Waals surface area contributed by atoms with Crippen LogP contribution in [0.3, 0.4) is 0 Å². The minimum atomic E-state index is -0.232. The van der Waals surface area contributed by atoms with Gasteiger partial charge in [0, 0.05) is 12.6 Å². The summed E-state index contributed by atoms with van der Waals surface area (Å²) in [5.41, 5.74) is 0.549. The van der Waals surface area contributed by atoms with Crippen LogP contribution < -0.4 is 10.1 Å². The molecule has 0 atom stereocenters. The van der Waals surface area contributed by atoms with Gasteiger partial charge < -0.3 is 20.1 Å². The first-order chi connectivity index (χ1) is 9.67. The van der Waals surface area contributed by atoms with Gasteiger partial charge in [0.05, 0.1) is 23.9 Å². The molecule has 0 spiro atoms. The molecule has 1 aliphatic rings. The normalized spacial score (nSPS) is 13.9. The molecule has 1 aromatic carbocycles. The second kappa shape index (κ2) is 6.81. The molecule has 1 aliphatic carbocycles. The number of anilines is 1. The summed E-state index contributed by atoms with van der Waals surface area (Å²) in [6.45, 7) is 2.62. The van der Waals surface area contributed by atoms with E-state index in [1.807, 2.05) is 6.92 Å². The second-order valence-electron chi connectivity index (χ2n) is 4.63. The van der Waals surface area contributed by atoms with E-state index in [1.54, 1.807) is 23.1 Å². The summed E-state index contributed by atoms with van der Waals surface area (Å²) < 4.78 is 5.47. The van der Waals surface area contributed by atoms with Gasteiger partial charge in [-0.15, -0.1) is 0 Å². The van der Waals surface area contributed by atoms with Gasteiger partial charge in [-0.05, 0) is 31.9 Å². The molecule has 0 unspecified atom stereocenters. The largest absolute Gasteiger partial charge is 0.490 e. The number of nitrogens with zero attached hydrogens (tertiary/aromatic N) is 1. The average molecular weight is 299 g/mol. The van der Waals surface area contributed by atoms with Crippen LogP contribution in [0.4, 0.5) is 10.5 Å². The Morgan fingerprint density at radius 3 is 2.90 bits per heavy atom. The van der Waals surface area contributed by atoms with Crippen LogP contribution in [0.5, 0.6) is 5.75 Å². The maximum atomic E-state index is 12.3. The van der Waals surface area contributed by atoms with Gasteiger partial charge in [-0.2, -0.15) is 0 Å². The zero-order valence-corrected chi connectivity index (χ0v) is 12.2. The Bertz CT molecular complexity index is 477. The van der Waals surface area contributed by atoms with Crippen molar-refractivity contribution in [2.45, 2.75) is 25.8 Å². The molecule has 110 valence electrons. The Balaban J connectivity index is 2.12. The van der Waals surface area contributed by atoms with Gasteiger partial charge in [0.15, 0.2) is 5.75 Å². The van der Waals surface area contributed by atoms with Crippen molar-refractivity contribution in [3.8, 4) is 5.75 Å². The molecular formula is C14H19ClN2O3. The first-order valence-electron chi connectivity index (χ1n) is 6.77. The number of aliphatic hydroxyl groups excluding tert-OH is 1. The van der Waals surface area contributed by atoms with Gasteiger partial charge >= 0.3 is 6.03 Å². The molecule has 1 saturated carbocycles. The van der Waals surface area contributed by atoms with E-state index in [0.717, 1.165) is 12.8 Å². The molecule has 1 aromatic rings. The van der Waals surface area contributed by atoms with Gasteiger partial charge in [-0.25, -0.2) is 4.79 Å². The van der Waals surface area contributed by atoms with Crippen LogP contribution in [0.25, 0.3) is 0 Å². The third kappa shape index (κ3) is 3.55. The lowest BCUT2D eigenvalue weighted by Crippen LogP contribution is -2.38. The quantitative estimate of drug-likeness (QED) is 0.849. The van der Waals surface area contributed by atoms with Crippen LogP contribution in [0.15, 0.2) is 18.2 Å². The number of hydrogen-bond donors (Lipinski definition) is 2. The van der Waals surface area contributed by atoms with E-state index in [9.17, 15) is 4.79 Å². The molecule has 0 bridgehead atoms. The number of ether oxygens (including phenoxy) is 1. The lowest BCUT2D eigenvalue weighted by atomic mass is 10.3. The summed E-state index contributed by atoms with van der Waals surface area (Å²) in [6.07, 6.45) is 1.97. The number of carbonyl (C=O) groups is 1. The highest BCUT2D eigenvalue weighted by atomic mass is 35.5. The number of amides is 2. The van der Waals surface area contributed by atoms with E-state index in [-0.39, 0.29) is 18.7 Å². The van der Waals surface area contributed by atoms with E-state index >= 15 is 0 Å². The number of para-hydroxylation sites is 1. The van der Waals surface area contributed by atoms with Gasteiger partial charge in [0.2, 0.25) is 0 Å². The molecule has 2 amide bonds. The van der Waals surface area contributed by atoms with Crippen LogP contribution >= 0.6 is 11.6 Å². The van der Waals surface area contributed by atoms with Crippen molar-refractivity contribution in [2.75, 3.05) is 25.1 Å². The maximum Gasteiger partial charge on any atom is 0.322 e. The Hall–Kier alpha value is -1.46. The number of rotatable bonds is 6. The lowest BCUT2D eigenvalue weighted by Gasteiger charge is -2.22. The Morgan fingerprint density at radius 2 is 2.30 bits per heavy atom. The summed E-state index contributed by atoms with van der Waals surface area (Å²) in [4.78, 5) is 13.9. The second-order valence-corrected chi connectivity index (χ2v) is 5.04. The average Bonchev–Trinajstić information content (AvgIpc) is 3.24. The predicted molar refractivity (Wildman–Crippen MR) is 78.5 cm³/mol. The number of benzene rings is 1. The molecule has 0 radical (unpaired) electrons. The fourth-order valence-electron chi connectivity index (χ4n) is 2.03. The molecule has 0 saturated heterocycles. The summed E-state index contributed by atoms with van der Waals surface area (Å²) in [7, 11) is 0. The summed E-state index contributed by atoms with van der Waals surface area (Å²) in [5, 5.41) is 12.3. The molecule has 0 aromatic heterocycles. The van der Waals surface area contributed by atoms with E-state index in [2.05, 4.69) is 5.32 Å². The molecule has 2 N–H and O–H groups in total. The van der Waals surface area contributed by atoms with E-state index in [0.29, 0.717) is 29.6 Å². The minimum Gasteiger partial charge on any atom is -0.490 e. The molecular weight excluding hydrogens is 280 g/mol. The number of halogens is 1. The third-order valence-corrected chi connectivity index (χ3v) is 3.38. The molecule has 0 aliphatic heterocycles. The highest BCUT2D eigenvalue weighted by Crippen LogP contribution is 2.34. The topological polar surface area (TPSA) is 61.8 Å². The van der Waals surface area contributed by atoms with E-state index in [1.165, 1.54) is 0 Å². The zero-order valence-electron chi connectivity index (χ0n) is 11.4. The fourth-order valence-corrected chi connectivity index (χ4v) is 2.26. The van der Waals surface area contributed by atoms with Crippen molar-refractivity contribution >= 4 is 23.3 Å².